The van der Waals surface area contributed by atoms with E-state index in [0.29, 0.717) is 0 Å². The van der Waals surface area contributed by atoms with Crippen molar-refractivity contribution in [3.05, 3.63) is 24.8 Å². The molecule has 0 aliphatic heterocycles. The second-order valence-electron chi connectivity index (χ2n) is 3.98. The van der Waals surface area contributed by atoms with Crippen LogP contribution >= 0.6 is 0 Å². The normalized spacial score (nSPS) is 9.40. The molecule has 0 aromatic carbocycles. The van der Waals surface area contributed by atoms with E-state index in [0.717, 1.165) is 11.5 Å². The van der Waals surface area contributed by atoms with Crippen molar-refractivity contribution in [2.75, 3.05) is 13.6 Å². The zero-order valence-electron chi connectivity index (χ0n) is 11.1. The van der Waals surface area contributed by atoms with Gasteiger partial charge in [0.05, 0.1) is 0 Å². The summed E-state index contributed by atoms with van der Waals surface area (Å²) in [5, 5.41) is 3.17. The molecule has 0 rings (SSSR count). The minimum atomic E-state index is 0.966. The van der Waals surface area contributed by atoms with Gasteiger partial charge in [-0.05, 0) is 39.3 Å². The summed E-state index contributed by atoms with van der Waals surface area (Å²) in [6, 6.07) is 0. The first-order valence-corrected chi connectivity index (χ1v) is 6.04. The van der Waals surface area contributed by atoms with E-state index in [4.69, 9.17) is 0 Å². The average molecular weight is 211 g/mol. The van der Waals surface area contributed by atoms with Gasteiger partial charge in [0.15, 0.2) is 0 Å². The summed E-state index contributed by atoms with van der Waals surface area (Å²) in [6.07, 6.45) is 7.15. The van der Waals surface area contributed by atoms with E-state index in [1.807, 2.05) is 14.0 Å². The zero-order valence-corrected chi connectivity index (χ0v) is 11.1. The van der Waals surface area contributed by atoms with Gasteiger partial charge >= 0.3 is 0 Å². The van der Waals surface area contributed by atoms with Crippen LogP contribution in [0.2, 0.25) is 0 Å². The first-order chi connectivity index (χ1) is 7.12. The van der Waals surface area contributed by atoms with Gasteiger partial charge in [-0.2, -0.15) is 0 Å². The van der Waals surface area contributed by atoms with Crippen LogP contribution in [0.1, 0.15) is 46.5 Å². The van der Waals surface area contributed by atoms with Crippen molar-refractivity contribution >= 4 is 0 Å². The van der Waals surface area contributed by atoms with Gasteiger partial charge in [0.25, 0.3) is 0 Å². The summed E-state index contributed by atoms with van der Waals surface area (Å²) >= 11 is 0. The molecule has 1 heteroatoms. The Bertz CT molecular complexity index is 145. The highest BCUT2D eigenvalue weighted by Gasteiger charge is 2.00. The Morgan fingerprint density at radius 1 is 1.33 bits per heavy atom. The molecule has 0 aromatic heterocycles. The molecule has 0 atom stereocenters. The van der Waals surface area contributed by atoms with E-state index in [9.17, 15) is 0 Å². The third kappa shape index (κ3) is 16.1. The number of allylic oxidation sites excluding steroid dienone is 2. The molecular formula is C14H29N. The van der Waals surface area contributed by atoms with Crippen LogP contribution in [0.25, 0.3) is 0 Å². The fourth-order valence-corrected chi connectivity index (χ4v) is 1.26. The predicted octanol–water partition coefficient (Wildman–Crippen LogP) is 4.17. The van der Waals surface area contributed by atoms with Gasteiger partial charge in [-0.1, -0.05) is 51.5 Å². The Morgan fingerprint density at radius 3 is 2.07 bits per heavy atom. The molecule has 0 aliphatic rings. The SMILES string of the molecule is C=CC(=C)C.CCC(CC)CCCNC. The Labute approximate surface area is 96.7 Å². The first kappa shape index (κ1) is 16.9. The highest BCUT2D eigenvalue weighted by Crippen LogP contribution is 2.13. The van der Waals surface area contributed by atoms with Crippen molar-refractivity contribution in [2.45, 2.75) is 46.5 Å². The number of hydrogen-bond acceptors (Lipinski definition) is 1. The Balaban J connectivity index is 0. The lowest BCUT2D eigenvalue weighted by Crippen LogP contribution is -2.09. The molecule has 0 radical (unpaired) electrons. The molecule has 0 spiro atoms. The van der Waals surface area contributed by atoms with Crippen LogP contribution in [0, 0.1) is 5.92 Å². The molecule has 0 fully saturated rings. The largest absolute Gasteiger partial charge is 0.320 e. The summed E-state index contributed by atoms with van der Waals surface area (Å²) in [5.74, 6) is 0.966. The molecule has 90 valence electrons. The fourth-order valence-electron chi connectivity index (χ4n) is 1.26. The van der Waals surface area contributed by atoms with E-state index in [2.05, 4.69) is 32.3 Å². The zero-order chi connectivity index (χ0) is 12.1. The second kappa shape index (κ2) is 13.4. The van der Waals surface area contributed by atoms with E-state index in [1.54, 1.807) is 6.08 Å². The van der Waals surface area contributed by atoms with Crippen molar-refractivity contribution < 1.29 is 0 Å². The lowest BCUT2D eigenvalue weighted by molar-refractivity contribution is 0.437. The number of rotatable bonds is 7. The molecule has 0 saturated carbocycles. The minimum absolute atomic E-state index is 0.966. The standard InChI is InChI=1S/C9H21N.C5H8/c1-4-9(5-2)7-6-8-10-3;1-4-5(2)3/h9-10H,4-8H2,1-3H3;4H,1-2H2,3H3. The monoisotopic (exact) mass is 211 g/mol. The van der Waals surface area contributed by atoms with E-state index >= 15 is 0 Å². The topological polar surface area (TPSA) is 12.0 Å². The van der Waals surface area contributed by atoms with Crippen LogP contribution < -0.4 is 5.32 Å². The third-order valence-corrected chi connectivity index (χ3v) is 2.54. The first-order valence-electron chi connectivity index (χ1n) is 6.04. The highest BCUT2D eigenvalue weighted by atomic mass is 14.8. The van der Waals surface area contributed by atoms with Gasteiger partial charge in [0.1, 0.15) is 0 Å². The van der Waals surface area contributed by atoms with Crippen LogP contribution in [-0.4, -0.2) is 13.6 Å². The summed E-state index contributed by atoms with van der Waals surface area (Å²) < 4.78 is 0. The average Bonchev–Trinajstić information content (AvgIpc) is 2.25. The quantitative estimate of drug-likeness (QED) is 0.492. The van der Waals surface area contributed by atoms with E-state index in [1.165, 1.54) is 32.2 Å². The molecule has 0 bridgehead atoms. The molecule has 0 aromatic rings. The lowest BCUT2D eigenvalue weighted by Gasteiger charge is -2.10. The van der Waals surface area contributed by atoms with Crippen molar-refractivity contribution in [3.63, 3.8) is 0 Å². The lowest BCUT2D eigenvalue weighted by atomic mass is 9.98. The van der Waals surface area contributed by atoms with Gasteiger partial charge in [-0.15, -0.1) is 0 Å². The smallest absolute Gasteiger partial charge is 0.00518 e. The summed E-state index contributed by atoms with van der Waals surface area (Å²) in [5.41, 5.74) is 1.02. The van der Waals surface area contributed by atoms with Gasteiger partial charge in [0.2, 0.25) is 0 Å². The maximum absolute atomic E-state index is 3.56. The van der Waals surface area contributed by atoms with E-state index < -0.39 is 0 Å². The molecule has 0 heterocycles. The van der Waals surface area contributed by atoms with Crippen LogP contribution in [-0.2, 0) is 0 Å². The van der Waals surface area contributed by atoms with Crippen LogP contribution in [0.5, 0.6) is 0 Å². The third-order valence-electron chi connectivity index (χ3n) is 2.54. The van der Waals surface area contributed by atoms with E-state index in [-0.39, 0.29) is 0 Å². The van der Waals surface area contributed by atoms with Gasteiger partial charge in [0, 0.05) is 0 Å². The Kier molecular flexibility index (Phi) is 15.1. The highest BCUT2D eigenvalue weighted by molar-refractivity contribution is 5.05. The van der Waals surface area contributed by atoms with Crippen molar-refractivity contribution in [3.8, 4) is 0 Å². The molecular weight excluding hydrogens is 182 g/mol. The van der Waals surface area contributed by atoms with Gasteiger partial charge in [-0.25, -0.2) is 0 Å². The van der Waals surface area contributed by atoms with Crippen molar-refractivity contribution in [1.82, 2.24) is 5.32 Å². The molecule has 0 saturated heterocycles. The predicted molar refractivity (Wildman–Crippen MR) is 72.2 cm³/mol. The molecule has 0 amide bonds. The Morgan fingerprint density at radius 2 is 1.80 bits per heavy atom. The van der Waals surface area contributed by atoms with Crippen LogP contribution in [0.3, 0.4) is 0 Å². The molecule has 0 unspecified atom stereocenters. The fraction of sp³-hybridized carbons (Fsp3) is 0.714. The second-order valence-corrected chi connectivity index (χ2v) is 3.98. The maximum Gasteiger partial charge on any atom is -0.00518 e. The number of hydrogen-bond donors (Lipinski definition) is 1. The van der Waals surface area contributed by atoms with Gasteiger partial charge < -0.3 is 5.32 Å². The molecule has 1 N–H and O–H groups in total. The minimum Gasteiger partial charge on any atom is -0.320 e. The maximum atomic E-state index is 3.56. The van der Waals surface area contributed by atoms with Crippen LogP contribution in [0.15, 0.2) is 24.8 Å². The van der Waals surface area contributed by atoms with Crippen LogP contribution in [0.4, 0.5) is 0 Å². The number of nitrogens with one attached hydrogen (secondary N) is 1. The Hall–Kier alpha value is -0.560. The van der Waals surface area contributed by atoms with Gasteiger partial charge in [-0.3, -0.25) is 0 Å². The molecule has 0 aliphatic carbocycles. The molecule has 1 nitrogen and oxygen atoms in total. The van der Waals surface area contributed by atoms with Crippen molar-refractivity contribution in [1.29, 1.82) is 0 Å². The summed E-state index contributed by atoms with van der Waals surface area (Å²) in [4.78, 5) is 0. The summed E-state index contributed by atoms with van der Waals surface area (Å²) in [7, 11) is 2.02. The molecule has 15 heavy (non-hydrogen) atoms. The summed E-state index contributed by atoms with van der Waals surface area (Å²) in [6.45, 7) is 14.7. The van der Waals surface area contributed by atoms with Crippen molar-refractivity contribution in [2.24, 2.45) is 5.92 Å².